The third-order valence-corrected chi connectivity index (χ3v) is 17.1. The summed E-state index contributed by atoms with van der Waals surface area (Å²) < 4.78 is 4.73. The minimum Gasteiger partial charge on any atom is -0.309 e. The third kappa shape index (κ3) is 7.28. The molecule has 2 unspecified atom stereocenters. The zero-order valence-electron chi connectivity index (χ0n) is 44.4. The Morgan fingerprint density at radius 2 is 0.524 bits per heavy atom. The van der Waals surface area contributed by atoms with E-state index in [1.54, 1.807) is 0 Å². The Labute approximate surface area is 473 Å². The van der Waals surface area contributed by atoms with Crippen LogP contribution in [0.5, 0.6) is 0 Å². The second-order valence-electron chi connectivity index (χ2n) is 21.7. The monoisotopic (exact) mass is 1040 g/mol. The summed E-state index contributed by atoms with van der Waals surface area (Å²) in [6.45, 7) is 0. The standard InChI is InChI=1S/C76H48N6/c1-3-19-47(20-4-1)75-77-65(49-23-17-25-53(41-49)81-69-33-13-9-27-55(69)56-28-10-14-34-70(56)81)45-67(79-75)51-37-39-61-63(43-51)73-59-31-7-8-32-60(59)74(61)64-44-52(38-40-62(64)73)68-46-66(78-76(80-68)48-21-5-2-6-22-48)50-24-18-26-54(42-50)82-71-35-15-11-29-57(71)58-30-12-16-36-72(58)82/h1-46,73-74H. The van der Waals surface area contributed by atoms with Crippen LogP contribution in [0.15, 0.2) is 279 Å². The lowest BCUT2D eigenvalue weighted by molar-refractivity contribution is 0.755. The van der Waals surface area contributed by atoms with Crippen LogP contribution < -0.4 is 0 Å². The second kappa shape index (κ2) is 18.4. The lowest BCUT2D eigenvalue weighted by Gasteiger charge is -2.42. The van der Waals surface area contributed by atoms with E-state index in [1.807, 2.05) is 12.1 Å². The van der Waals surface area contributed by atoms with Crippen molar-refractivity contribution in [2.75, 3.05) is 0 Å². The van der Waals surface area contributed by atoms with Crippen LogP contribution in [0.4, 0.5) is 0 Å². The summed E-state index contributed by atoms with van der Waals surface area (Å²) in [6, 6.07) is 100. The van der Waals surface area contributed by atoms with Crippen LogP contribution in [-0.4, -0.2) is 29.1 Å². The molecular weight excluding hydrogens is 997 g/mol. The highest BCUT2D eigenvalue weighted by molar-refractivity contribution is 6.10. The molecule has 18 rings (SSSR count). The van der Waals surface area contributed by atoms with E-state index in [1.165, 1.54) is 77.0 Å². The number of nitrogens with zero attached hydrogens (tertiary/aromatic N) is 6. The minimum atomic E-state index is 0.0300. The molecular formula is C76H48N6. The van der Waals surface area contributed by atoms with Crippen molar-refractivity contribution >= 4 is 43.6 Å². The van der Waals surface area contributed by atoms with Crippen molar-refractivity contribution in [3.05, 3.63) is 312 Å². The van der Waals surface area contributed by atoms with Crippen LogP contribution in [0.3, 0.4) is 0 Å². The maximum Gasteiger partial charge on any atom is 0.160 e. The molecule has 0 fully saturated rings. The maximum absolute atomic E-state index is 5.37. The predicted molar refractivity (Wildman–Crippen MR) is 334 cm³/mol. The van der Waals surface area contributed by atoms with Gasteiger partial charge in [0.1, 0.15) is 0 Å². The Morgan fingerprint density at radius 1 is 0.220 bits per heavy atom. The average Bonchev–Trinajstić information content (AvgIpc) is 4.02. The summed E-state index contributed by atoms with van der Waals surface area (Å²) >= 11 is 0. The van der Waals surface area contributed by atoms with E-state index in [4.69, 9.17) is 19.9 Å². The molecule has 2 bridgehead atoms. The number of hydrogen-bond donors (Lipinski definition) is 0. The molecule has 0 N–H and O–H groups in total. The SMILES string of the molecule is c1ccc(-c2nc(-c3cccc(-n4c5ccccc5c5ccccc54)c3)cc(-c3ccc4c(c3)C3c5ccccc5C4c4cc(-c5cc(-c6cccc(-n7c8ccccc8c8ccccc87)c6)nc(-c6ccccc6)n5)ccc43)n2)cc1. The first-order valence-electron chi connectivity index (χ1n) is 28.1. The maximum atomic E-state index is 5.37. The Morgan fingerprint density at radius 3 is 0.902 bits per heavy atom. The quantitative estimate of drug-likeness (QED) is 0.152. The molecule has 0 aliphatic heterocycles. The van der Waals surface area contributed by atoms with Gasteiger partial charge < -0.3 is 9.13 Å². The van der Waals surface area contributed by atoms with Gasteiger partial charge in [-0.25, -0.2) is 19.9 Å². The molecule has 2 atom stereocenters. The van der Waals surface area contributed by atoms with Gasteiger partial charge in [0.25, 0.3) is 0 Å². The van der Waals surface area contributed by atoms with Crippen LogP contribution in [0, 0.1) is 0 Å². The largest absolute Gasteiger partial charge is 0.309 e. The summed E-state index contributed by atoms with van der Waals surface area (Å²) in [5, 5.41) is 4.94. The van der Waals surface area contributed by atoms with Gasteiger partial charge in [-0.1, -0.05) is 206 Å². The minimum absolute atomic E-state index is 0.0300. The first kappa shape index (κ1) is 46.1. The van der Waals surface area contributed by atoms with Gasteiger partial charge >= 0.3 is 0 Å². The molecule has 6 heteroatoms. The van der Waals surface area contributed by atoms with E-state index in [9.17, 15) is 0 Å². The normalized spacial score (nSPS) is 14.1. The molecule has 382 valence electrons. The van der Waals surface area contributed by atoms with Crippen LogP contribution in [0.25, 0.3) is 123 Å². The fourth-order valence-corrected chi connectivity index (χ4v) is 13.5. The zero-order chi connectivity index (χ0) is 53.8. The second-order valence-corrected chi connectivity index (χ2v) is 21.7. The molecule has 0 radical (unpaired) electrons. The first-order chi connectivity index (χ1) is 40.6. The molecule has 4 heterocycles. The third-order valence-electron chi connectivity index (χ3n) is 17.1. The van der Waals surface area contributed by atoms with Gasteiger partial charge in [0.05, 0.1) is 44.8 Å². The van der Waals surface area contributed by atoms with Gasteiger partial charge in [0.2, 0.25) is 0 Å². The average molecular weight is 1050 g/mol. The Balaban J connectivity index is 0.776. The Hall–Kier alpha value is -10.8. The van der Waals surface area contributed by atoms with Crippen LogP contribution >= 0.6 is 0 Å². The highest BCUT2D eigenvalue weighted by Crippen LogP contribution is 2.57. The van der Waals surface area contributed by atoms with E-state index < -0.39 is 0 Å². The highest BCUT2D eigenvalue weighted by atomic mass is 15.0. The van der Waals surface area contributed by atoms with E-state index in [-0.39, 0.29) is 11.8 Å². The molecule has 0 saturated heterocycles. The fraction of sp³-hybridized carbons (Fsp3) is 0.0263. The van der Waals surface area contributed by atoms with Crippen LogP contribution in [0.2, 0.25) is 0 Å². The molecule has 0 amide bonds. The summed E-state index contributed by atoms with van der Waals surface area (Å²) in [4.78, 5) is 21.4. The number of fused-ring (bicyclic) bond motifs is 6. The first-order valence-corrected chi connectivity index (χ1v) is 28.1. The van der Waals surface area contributed by atoms with Crippen molar-refractivity contribution in [2.24, 2.45) is 0 Å². The van der Waals surface area contributed by atoms with Crippen LogP contribution in [0.1, 0.15) is 45.2 Å². The molecule has 6 nitrogen and oxygen atoms in total. The zero-order valence-corrected chi connectivity index (χ0v) is 44.4. The molecule has 0 saturated carbocycles. The molecule has 0 spiro atoms. The van der Waals surface area contributed by atoms with Gasteiger partial charge in [-0.2, -0.15) is 0 Å². The van der Waals surface area contributed by atoms with Gasteiger partial charge in [0, 0.05) is 78.1 Å². The van der Waals surface area contributed by atoms with Crippen molar-refractivity contribution in [2.45, 2.75) is 11.8 Å². The van der Waals surface area contributed by atoms with E-state index in [2.05, 4.69) is 276 Å². The molecule has 4 aromatic heterocycles. The highest BCUT2D eigenvalue weighted by Gasteiger charge is 2.41. The number of rotatable bonds is 8. The number of benzene rings is 11. The van der Waals surface area contributed by atoms with Crippen molar-refractivity contribution in [3.8, 4) is 79.2 Å². The fourth-order valence-electron chi connectivity index (χ4n) is 13.5. The van der Waals surface area contributed by atoms with E-state index in [0.29, 0.717) is 11.6 Å². The van der Waals surface area contributed by atoms with Gasteiger partial charge in [-0.15, -0.1) is 0 Å². The summed E-state index contributed by atoms with van der Waals surface area (Å²) in [7, 11) is 0. The summed E-state index contributed by atoms with van der Waals surface area (Å²) in [5.41, 5.74) is 24.5. The van der Waals surface area contributed by atoms with E-state index >= 15 is 0 Å². The molecule has 11 aromatic carbocycles. The van der Waals surface area contributed by atoms with Crippen LogP contribution in [-0.2, 0) is 0 Å². The number of hydrogen-bond acceptors (Lipinski definition) is 4. The molecule has 15 aromatic rings. The van der Waals surface area contributed by atoms with Gasteiger partial charge in [0.15, 0.2) is 11.6 Å². The summed E-state index contributed by atoms with van der Waals surface area (Å²) in [5.74, 6) is 1.44. The number of para-hydroxylation sites is 4. The summed E-state index contributed by atoms with van der Waals surface area (Å²) in [6.07, 6.45) is 0. The lowest BCUT2D eigenvalue weighted by atomic mass is 9.60. The van der Waals surface area contributed by atoms with Crippen molar-refractivity contribution < 1.29 is 0 Å². The number of aromatic nitrogens is 6. The van der Waals surface area contributed by atoms with Gasteiger partial charge in [-0.05, 0) is 106 Å². The van der Waals surface area contributed by atoms with E-state index in [0.717, 1.165) is 67.5 Å². The lowest BCUT2D eigenvalue weighted by Crippen LogP contribution is -2.27. The predicted octanol–water partition coefficient (Wildman–Crippen LogP) is 18.4. The topological polar surface area (TPSA) is 61.4 Å². The van der Waals surface area contributed by atoms with Crippen molar-refractivity contribution in [1.29, 1.82) is 0 Å². The van der Waals surface area contributed by atoms with Crippen molar-refractivity contribution in [3.63, 3.8) is 0 Å². The molecule has 82 heavy (non-hydrogen) atoms. The molecule has 3 aliphatic carbocycles. The van der Waals surface area contributed by atoms with Gasteiger partial charge in [-0.3, -0.25) is 0 Å². The van der Waals surface area contributed by atoms with Crippen molar-refractivity contribution in [1.82, 2.24) is 29.1 Å². The Bertz CT molecular complexity index is 4650. The smallest absolute Gasteiger partial charge is 0.160 e. The molecule has 3 aliphatic rings. The Kier molecular flexibility index (Phi) is 10.3.